The van der Waals surface area contributed by atoms with Gasteiger partial charge in [-0.3, -0.25) is 0 Å². The molecule has 0 aliphatic carbocycles. The molecule has 11 heteroatoms. The Bertz CT molecular complexity index is 188. The summed E-state index contributed by atoms with van der Waals surface area (Å²) in [6, 6.07) is 0. The maximum absolute atomic E-state index is 8.89. The molecule has 10 nitrogen and oxygen atoms in total. The second-order valence-corrected chi connectivity index (χ2v) is 1.97. The SMILES string of the molecule is C=O.C=O.CC(=O)[O-].CC(=O)[O-].CC(=O)[O-].CC(=O)[O-].[Ru+4]. The fraction of sp³-hybridized carbons (Fsp3) is 0.400. The zero-order chi connectivity index (χ0) is 18.3. The molecule has 0 saturated heterocycles. The second-order valence-electron chi connectivity index (χ2n) is 1.97. The molecule has 0 amide bonds. The van der Waals surface area contributed by atoms with Crippen LogP contribution in [-0.4, -0.2) is 37.5 Å². The molecular weight excluding hydrogens is 381 g/mol. The van der Waals surface area contributed by atoms with Gasteiger partial charge in [-0.25, -0.2) is 0 Å². The Morgan fingerprint density at radius 2 is 0.524 bits per heavy atom. The molecule has 0 aromatic rings. The molecule has 0 rings (SSSR count). The first-order valence-corrected chi connectivity index (χ1v) is 4.21. The van der Waals surface area contributed by atoms with E-state index in [0.717, 1.165) is 27.7 Å². The summed E-state index contributed by atoms with van der Waals surface area (Å²) in [6.07, 6.45) is 0. The minimum absolute atomic E-state index is 0. The average molecular weight is 397 g/mol. The molecule has 0 heterocycles. The molecule has 21 heavy (non-hydrogen) atoms. The Morgan fingerprint density at radius 3 is 0.524 bits per heavy atom. The fourth-order valence-corrected chi connectivity index (χ4v) is 0. The van der Waals surface area contributed by atoms with E-state index in [-0.39, 0.29) is 19.5 Å². The van der Waals surface area contributed by atoms with Gasteiger partial charge in [0.2, 0.25) is 0 Å². The third kappa shape index (κ3) is 963. The summed E-state index contributed by atoms with van der Waals surface area (Å²) < 4.78 is 0. The molecule has 0 radical (unpaired) electrons. The minimum Gasteiger partial charge on any atom is -0.550 e. The monoisotopic (exact) mass is 398 g/mol. The standard InChI is InChI=1S/4C2H4O2.2CH2O.Ru/c4*1-2(3)4;2*1-2;/h4*1H3,(H,3,4);2*1H2;/q;;;;;;+4/p-4. The van der Waals surface area contributed by atoms with Crippen LogP contribution in [0.25, 0.3) is 0 Å². The Balaban J connectivity index is -0.0000000227. The van der Waals surface area contributed by atoms with E-state index >= 15 is 0 Å². The van der Waals surface area contributed by atoms with Crippen LogP contribution >= 0.6 is 0 Å². The normalized spacial score (nSPS) is 5.14. The molecule has 0 bridgehead atoms. The van der Waals surface area contributed by atoms with E-state index in [1.807, 2.05) is 13.6 Å². The van der Waals surface area contributed by atoms with Crippen LogP contribution in [0.5, 0.6) is 0 Å². The van der Waals surface area contributed by atoms with Crippen LogP contribution < -0.4 is 20.4 Å². The van der Waals surface area contributed by atoms with E-state index < -0.39 is 23.9 Å². The van der Waals surface area contributed by atoms with Gasteiger partial charge in [-0.05, 0) is 27.7 Å². The summed E-state index contributed by atoms with van der Waals surface area (Å²) in [5, 5.41) is 35.6. The van der Waals surface area contributed by atoms with E-state index in [2.05, 4.69) is 0 Å². The number of aliphatic carboxylic acids is 4. The first kappa shape index (κ1) is 42.8. The van der Waals surface area contributed by atoms with Crippen molar-refractivity contribution < 1.29 is 68.7 Å². The third-order valence-corrected chi connectivity index (χ3v) is 0. The molecule has 0 N–H and O–H groups in total. The molecule has 0 saturated carbocycles. The van der Waals surface area contributed by atoms with Crippen LogP contribution in [0.1, 0.15) is 27.7 Å². The molecule has 0 spiro atoms. The molecule has 0 atom stereocenters. The minimum atomic E-state index is -1.08. The van der Waals surface area contributed by atoms with Gasteiger partial charge >= 0.3 is 19.5 Å². The Morgan fingerprint density at radius 1 is 0.524 bits per heavy atom. The quantitative estimate of drug-likeness (QED) is 0.356. The molecular formula is C10H16O10Ru. The van der Waals surface area contributed by atoms with Gasteiger partial charge in [0.1, 0.15) is 13.6 Å². The summed E-state index contributed by atoms with van der Waals surface area (Å²) in [7, 11) is 0. The zero-order valence-corrected chi connectivity index (χ0v) is 13.6. The summed E-state index contributed by atoms with van der Waals surface area (Å²) in [5.74, 6) is -4.33. The first-order chi connectivity index (χ1) is 8.93. The number of carbonyl (C=O) groups excluding carboxylic acids is 6. The number of carboxylic acid groups (broad SMARTS) is 4. The van der Waals surface area contributed by atoms with E-state index in [1.54, 1.807) is 0 Å². The third-order valence-electron chi connectivity index (χ3n) is 0. The van der Waals surface area contributed by atoms with Crippen molar-refractivity contribution in [3.05, 3.63) is 0 Å². The largest absolute Gasteiger partial charge is 4.00 e. The summed E-state index contributed by atoms with van der Waals surface area (Å²) in [4.78, 5) is 51.6. The van der Waals surface area contributed by atoms with Crippen LogP contribution in [0.2, 0.25) is 0 Å². The van der Waals surface area contributed by atoms with E-state index in [0.29, 0.717) is 0 Å². The van der Waals surface area contributed by atoms with Gasteiger partial charge in [-0.15, -0.1) is 0 Å². The second kappa shape index (κ2) is 52.2. The van der Waals surface area contributed by atoms with Crippen LogP contribution in [0, 0.1) is 0 Å². The van der Waals surface area contributed by atoms with Crippen molar-refractivity contribution in [3.8, 4) is 0 Å². The van der Waals surface area contributed by atoms with E-state index in [1.165, 1.54) is 0 Å². The van der Waals surface area contributed by atoms with Gasteiger partial charge in [0, 0.05) is 23.9 Å². The molecule has 0 aromatic heterocycles. The number of carboxylic acids is 4. The molecule has 0 aromatic carbocycles. The van der Waals surface area contributed by atoms with Gasteiger partial charge in [-0.2, -0.15) is 0 Å². The van der Waals surface area contributed by atoms with Crippen LogP contribution in [0.3, 0.4) is 0 Å². The van der Waals surface area contributed by atoms with Crippen molar-refractivity contribution in [1.82, 2.24) is 0 Å². The molecule has 0 aliphatic rings. The summed E-state index contributed by atoms with van der Waals surface area (Å²) >= 11 is 0. The van der Waals surface area contributed by atoms with Gasteiger partial charge in [0.15, 0.2) is 0 Å². The summed E-state index contributed by atoms with van der Waals surface area (Å²) in [6.45, 7) is 7.89. The van der Waals surface area contributed by atoms with E-state index in [9.17, 15) is 0 Å². The summed E-state index contributed by atoms with van der Waals surface area (Å²) in [5.41, 5.74) is 0. The molecule has 0 aliphatic heterocycles. The van der Waals surface area contributed by atoms with Crippen LogP contribution in [0.15, 0.2) is 0 Å². The predicted molar refractivity (Wildman–Crippen MR) is 57.0 cm³/mol. The Kier molecular flexibility index (Phi) is 106. The van der Waals surface area contributed by atoms with Crippen LogP contribution in [0.4, 0.5) is 0 Å². The van der Waals surface area contributed by atoms with Crippen LogP contribution in [-0.2, 0) is 48.2 Å². The Hall–Kier alpha value is -2.16. The topological polar surface area (TPSA) is 195 Å². The van der Waals surface area contributed by atoms with Crippen molar-refractivity contribution in [2.24, 2.45) is 0 Å². The van der Waals surface area contributed by atoms with Gasteiger partial charge < -0.3 is 49.2 Å². The first-order valence-electron chi connectivity index (χ1n) is 4.21. The zero-order valence-electron chi connectivity index (χ0n) is 11.9. The predicted octanol–water partition coefficient (Wildman–Crippen LogP) is -5.35. The average Bonchev–Trinajstić information content (AvgIpc) is 2.19. The van der Waals surface area contributed by atoms with Crippen molar-refractivity contribution in [3.63, 3.8) is 0 Å². The van der Waals surface area contributed by atoms with Crippen molar-refractivity contribution >= 4 is 37.5 Å². The number of carbonyl (C=O) groups is 6. The maximum atomic E-state index is 8.89. The van der Waals surface area contributed by atoms with Gasteiger partial charge in [-0.1, -0.05) is 0 Å². The van der Waals surface area contributed by atoms with Gasteiger partial charge in [0.05, 0.1) is 0 Å². The number of rotatable bonds is 0. The number of hydrogen-bond acceptors (Lipinski definition) is 10. The smallest absolute Gasteiger partial charge is 0.550 e. The van der Waals surface area contributed by atoms with Gasteiger partial charge in [0.25, 0.3) is 0 Å². The Labute approximate surface area is 134 Å². The number of hydrogen-bond donors (Lipinski definition) is 0. The van der Waals surface area contributed by atoms with Crippen molar-refractivity contribution in [2.45, 2.75) is 27.7 Å². The van der Waals surface area contributed by atoms with E-state index in [4.69, 9.17) is 49.2 Å². The van der Waals surface area contributed by atoms with Crippen molar-refractivity contribution in [1.29, 1.82) is 0 Å². The molecule has 0 fully saturated rings. The molecule has 124 valence electrons. The molecule has 0 unspecified atom stereocenters. The van der Waals surface area contributed by atoms with Crippen molar-refractivity contribution in [2.75, 3.05) is 0 Å². The maximum Gasteiger partial charge on any atom is 4.00 e. The fourth-order valence-electron chi connectivity index (χ4n) is 0.